The van der Waals surface area contributed by atoms with Crippen molar-refractivity contribution in [2.75, 3.05) is 0 Å². The summed E-state index contributed by atoms with van der Waals surface area (Å²) in [4.78, 5) is 10.6. The second-order valence-electron chi connectivity index (χ2n) is 3.03. The van der Waals surface area contributed by atoms with E-state index in [1.54, 1.807) is 0 Å². The van der Waals surface area contributed by atoms with Gasteiger partial charge in [0.2, 0.25) is 0 Å². The predicted molar refractivity (Wildman–Crippen MR) is 52.5 cm³/mol. The molecule has 0 aliphatic heterocycles. The highest BCUT2D eigenvalue weighted by Gasteiger charge is 2.12. The number of hydrogen-bond acceptors (Lipinski definition) is 1. The van der Waals surface area contributed by atoms with Crippen molar-refractivity contribution in [3.05, 3.63) is 30.1 Å². The number of halogens is 1. The zero-order valence-corrected chi connectivity index (χ0v) is 9.76. The van der Waals surface area contributed by atoms with Crippen LogP contribution in [0.2, 0.25) is 0 Å². The third-order valence-corrected chi connectivity index (χ3v) is 2.29. The van der Waals surface area contributed by atoms with Crippen LogP contribution in [0.5, 0.6) is 0 Å². The highest BCUT2D eigenvalue weighted by Crippen LogP contribution is 2.08. The van der Waals surface area contributed by atoms with E-state index in [2.05, 4.69) is 9.24 Å². The number of nitrogens with zero attached hydrogens (tertiary/aromatic N) is 1. The van der Waals surface area contributed by atoms with E-state index in [1.165, 1.54) is 0 Å². The van der Waals surface area contributed by atoms with E-state index in [0.29, 0.717) is 6.42 Å². The van der Waals surface area contributed by atoms with Crippen molar-refractivity contribution in [2.24, 2.45) is 7.05 Å². The zero-order chi connectivity index (χ0) is 9.84. The summed E-state index contributed by atoms with van der Waals surface area (Å²) in [5.74, 6) is -0.781. The van der Waals surface area contributed by atoms with Crippen LogP contribution >= 0.6 is 9.24 Å². The number of aliphatic carboxylic acids is 1. The second kappa shape index (κ2) is 5.94. The van der Waals surface area contributed by atoms with Gasteiger partial charge in [0.1, 0.15) is 7.05 Å². The highest BCUT2D eigenvalue weighted by molar-refractivity contribution is 7.19. The molecule has 0 fully saturated rings. The van der Waals surface area contributed by atoms with Crippen LogP contribution in [-0.4, -0.2) is 16.7 Å². The number of carboxylic acids is 1. The number of rotatable bonds is 3. The summed E-state index contributed by atoms with van der Waals surface area (Å²) < 4.78 is 1.91. The minimum atomic E-state index is -0.781. The maximum Gasteiger partial charge on any atom is 0.310 e. The summed E-state index contributed by atoms with van der Waals surface area (Å²) in [5, 5.41) is 8.68. The standard InChI is InChI=1S/C9H12NO2P.ClH/c1-10-4-2-3-7(6-10)5-8(13)9(11)12;/h2-4,6,8H,5,13H2,1H3;1H. The summed E-state index contributed by atoms with van der Waals surface area (Å²) in [6.07, 6.45) is 4.40. The van der Waals surface area contributed by atoms with Crippen LogP contribution in [0.4, 0.5) is 0 Å². The number of carbonyl (C=O) groups is 1. The molecule has 5 heteroatoms. The molecule has 0 saturated carbocycles. The predicted octanol–water partition coefficient (Wildman–Crippen LogP) is -2.61. The van der Waals surface area contributed by atoms with E-state index in [-0.39, 0.29) is 12.4 Å². The van der Waals surface area contributed by atoms with Crippen LogP contribution in [0.1, 0.15) is 5.56 Å². The molecule has 2 unspecified atom stereocenters. The fourth-order valence-electron chi connectivity index (χ4n) is 1.11. The van der Waals surface area contributed by atoms with Gasteiger partial charge in [0.15, 0.2) is 12.4 Å². The summed E-state index contributed by atoms with van der Waals surface area (Å²) in [6.45, 7) is 0. The monoisotopic (exact) mass is 233 g/mol. The minimum absolute atomic E-state index is 0. The molecule has 0 aliphatic carbocycles. The fraction of sp³-hybridized carbons (Fsp3) is 0.333. The SMILES string of the molecule is C[n+]1cccc(CC(P)C(=O)O)c1.[Cl-]. The molecule has 1 aromatic rings. The summed E-state index contributed by atoms with van der Waals surface area (Å²) >= 11 is 0. The van der Waals surface area contributed by atoms with Crippen molar-refractivity contribution < 1.29 is 26.9 Å². The van der Waals surface area contributed by atoms with Gasteiger partial charge in [-0.15, -0.1) is 9.24 Å². The Morgan fingerprint density at radius 1 is 1.71 bits per heavy atom. The average Bonchev–Trinajstić information content (AvgIpc) is 2.04. The highest BCUT2D eigenvalue weighted by atomic mass is 35.5. The molecule has 78 valence electrons. The topological polar surface area (TPSA) is 41.2 Å². The Morgan fingerprint density at radius 2 is 2.36 bits per heavy atom. The summed E-state index contributed by atoms with van der Waals surface area (Å²) in [7, 11) is 4.25. The first-order chi connectivity index (χ1) is 6.09. The van der Waals surface area contributed by atoms with Crippen molar-refractivity contribution in [1.82, 2.24) is 0 Å². The number of hydrogen-bond donors (Lipinski definition) is 1. The molecule has 1 rings (SSSR count). The number of pyridine rings is 1. The minimum Gasteiger partial charge on any atom is -1.00 e. The lowest BCUT2D eigenvalue weighted by molar-refractivity contribution is -0.671. The molecular weight excluding hydrogens is 221 g/mol. The zero-order valence-electron chi connectivity index (χ0n) is 7.85. The van der Waals surface area contributed by atoms with Gasteiger partial charge in [0.05, 0.1) is 5.66 Å². The Labute approximate surface area is 91.8 Å². The van der Waals surface area contributed by atoms with Crippen LogP contribution in [0.15, 0.2) is 24.5 Å². The van der Waals surface area contributed by atoms with E-state index in [1.807, 2.05) is 36.1 Å². The molecular formula is C9H13ClNO2P. The van der Waals surface area contributed by atoms with Crippen LogP contribution in [0, 0.1) is 0 Å². The van der Waals surface area contributed by atoms with Gasteiger partial charge in [-0.1, -0.05) is 0 Å². The molecule has 0 amide bonds. The van der Waals surface area contributed by atoms with Gasteiger partial charge in [-0.3, -0.25) is 4.79 Å². The molecule has 0 spiro atoms. The van der Waals surface area contributed by atoms with E-state index in [0.717, 1.165) is 5.56 Å². The summed E-state index contributed by atoms with van der Waals surface area (Å²) in [6, 6.07) is 3.84. The normalized spacial score (nSPS) is 11.6. The van der Waals surface area contributed by atoms with E-state index >= 15 is 0 Å². The maximum absolute atomic E-state index is 10.6. The molecule has 2 atom stereocenters. The smallest absolute Gasteiger partial charge is 0.310 e. The molecule has 1 heterocycles. The largest absolute Gasteiger partial charge is 1.00 e. The van der Waals surface area contributed by atoms with Gasteiger partial charge in [0, 0.05) is 11.6 Å². The molecule has 0 aromatic carbocycles. The first-order valence-electron chi connectivity index (χ1n) is 4.02. The second-order valence-corrected chi connectivity index (χ2v) is 3.83. The Kier molecular flexibility index (Phi) is 5.66. The molecule has 3 nitrogen and oxygen atoms in total. The van der Waals surface area contributed by atoms with Crippen molar-refractivity contribution >= 4 is 15.2 Å². The van der Waals surface area contributed by atoms with Gasteiger partial charge < -0.3 is 17.5 Å². The first kappa shape index (κ1) is 13.3. The van der Waals surface area contributed by atoms with Crippen molar-refractivity contribution in [2.45, 2.75) is 12.1 Å². The average molecular weight is 234 g/mol. The van der Waals surface area contributed by atoms with E-state index < -0.39 is 11.6 Å². The lowest BCUT2D eigenvalue weighted by Gasteiger charge is -2.03. The lowest BCUT2D eigenvalue weighted by Crippen LogP contribution is -3.00. The van der Waals surface area contributed by atoms with Gasteiger partial charge in [0.25, 0.3) is 0 Å². The quantitative estimate of drug-likeness (QED) is 0.459. The van der Waals surface area contributed by atoms with Gasteiger partial charge >= 0.3 is 5.97 Å². The van der Waals surface area contributed by atoms with Crippen LogP contribution in [0.3, 0.4) is 0 Å². The van der Waals surface area contributed by atoms with E-state index in [9.17, 15) is 4.79 Å². The third kappa shape index (κ3) is 4.03. The molecule has 1 N–H and O–H groups in total. The van der Waals surface area contributed by atoms with Crippen LogP contribution < -0.4 is 17.0 Å². The Hall–Kier alpha value is -0.660. The Morgan fingerprint density at radius 3 is 2.86 bits per heavy atom. The molecule has 14 heavy (non-hydrogen) atoms. The van der Waals surface area contributed by atoms with Crippen molar-refractivity contribution in [3.63, 3.8) is 0 Å². The number of carboxylic acid groups (broad SMARTS) is 1. The first-order valence-corrected chi connectivity index (χ1v) is 4.69. The number of aryl methyl sites for hydroxylation is 1. The van der Waals surface area contributed by atoms with Gasteiger partial charge in [-0.05, 0) is 12.5 Å². The van der Waals surface area contributed by atoms with Crippen LogP contribution in [-0.2, 0) is 18.3 Å². The summed E-state index contributed by atoms with van der Waals surface area (Å²) in [5.41, 5.74) is 0.634. The molecule has 0 radical (unpaired) electrons. The lowest BCUT2D eigenvalue weighted by atomic mass is 10.1. The molecule has 0 aliphatic rings. The van der Waals surface area contributed by atoms with E-state index in [4.69, 9.17) is 5.11 Å². The van der Waals surface area contributed by atoms with Crippen LogP contribution in [0.25, 0.3) is 0 Å². The molecule has 0 saturated heterocycles. The maximum atomic E-state index is 10.6. The number of aromatic nitrogens is 1. The third-order valence-electron chi connectivity index (χ3n) is 1.77. The van der Waals surface area contributed by atoms with Crippen molar-refractivity contribution in [1.29, 1.82) is 0 Å². The molecule has 1 aromatic heterocycles. The fourth-order valence-corrected chi connectivity index (χ4v) is 1.38. The Bertz CT molecular complexity index is 319. The Balaban J connectivity index is 0.00000169. The molecule has 0 bridgehead atoms. The van der Waals surface area contributed by atoms with Gasteiger partial charge in [-0.25, -0.2) is 4.57 Å². The van der Waals surface area contributed by atoms with Crippen molar-refractivity contribution in [3.8, 4) is 0 Å². The van der Waals surface area contributed by atoms with Gasteiger partial charge in [-0.2, -0.15) is 0 Å².